The van der Waals surface area contributed by atoms with Crippen LogP contribution in [0.15, 0.2) is 49.6 Å². The van der Waals surface area contributed by atoms with E-state index in [0.29, 0.717) is 24.0 Å². The summed E-state index contributed by atoms with van der Waals surface area (Å²) in [7, 11) is 0. The fourth-order valence-corrected chi connectivity index (χ4v) is 4.67. The Kier molecular flexibility index (Phi) is 11.2. The van der Waals surface area contributed by atoms with Crippen molar-refractivity contribution in [2.45, 2.75) is 57.2 Å². The van der Waals surface area contributed by atoms with Crippen LogP contribution in [0.2, 0.25) is 20.1 Å². The van der Waals surface area contributed by atoms with Gasteiger partial charge in [-0.1, -0.05) is 72.4 Å². The number of carboxylic acids is 2. The van der Waals surface area contributed by atoms with Crippen molar-refractivity contribution < 1.29 is 29.3 Å². The summed E-state index contributed by atoms with van der Waals surface area (Å²) in [6.07, 6.45) is 2.23. The lowest BCUT2D eigenvalue weighted by atomic mass is 9.78. The fraction of sp³-hybridized carbons (Fsp3) is 0.333. The van der Waals surface area contributed by atoms with Crippen LogP contribution in [0.1, 0.15) is 50.7 Å². The number of carboxylic acid groups (broad SMARTS) is 2. The standard InChI is InChI=1S/C27H28Cl4O6/c1-5-7-9-21(25(32)33)36-23-17(28)11-15(12-18(23)29)27(3,4)16-13-19(30)24(20(31)14-16)37-22(26(34)35)10-8-6-2/h5-6,11-14,21-22H,1-2,7-10H2,3-4H3,(H,32,33)(H,34,35). The molecule has 2 aromatic rings. The Bertz CT molecular complexity index is 1040. The fourth-order valence-electron chi connectivity index (χ4n) is 3.52. The van der Waals surface area contributed by atoms with Crippen LogP contribution < -0.4 is 9.47 Å². The van der Waals surface area contributed by atoms with E-state index in [0.717, 1.165) is 0 Å². The molecule has 2 atom stereocenters. The number of carbonyl (C=O) groups is 2. The summed E-state index contributed by atoms with van der Waals surface area (Å²) < 4.78 is 11.3. The van der Waals surface area contributed by atoms with Crippen LogP contribution in [0.4, 0.5) is 0 Å². The van der Waals surface area contributed by atoms with Gasteiger partial charge in [0.2, 0.25) is 0 Å². The third-order valence-corrected chi connectivity index (χ3v) is 6.90. The van der Waals surface area contributed by atoms with Crippen molar-refractivity contribution in [3.63, 3.8) is 0 Å². The highest BCUT2D eigenvalue weighted by atomic mass is 35.5. The van der Waals surface area contributed by atoms with E-state index in [9.17, 15) is 19.8 Å². The summed E-state index contributed by atoms with van der Waals surface area (Å²) in [4.78, 5) is 23.1. The maximum Gasteiger partial charge on any atom is 0.344 e. The number of benzene rings is 2. The highest BCUT2D eigenvalue weighted by molar-refractivity contribution is 6.38. The molecule has 0 bridgehead atoms. The van der Waals surface area contributed by atoms with E-state index in [4.69, 9.17) is 55.9 Å². The Labute approximate surface area is 236 Å². The van der Waals surface area contributed by atoms with E-state index in [1.54, 1.807) is 36.4 Å². The summed E-state index contributed by atoms with van der Waals surface area (Å²) >= 11 is 25.9. The molecule has 200 valence electrons. The summed E-state index contributed by atoms with van der Waals surface area (Å²) in [6, 6.07) is 6.54. The first-order chi connectivity index (χ1) is 17.3. The molecule has 2 N–H and O–H groups in total. The summed E-state index contributed by atoms with van der Waals surface area (Å²) in [6.45, 7) is 11.0. The van der Waals surface area contributed by atoms with E-state index in [2.05, 4.69) is 13.2 Å². The number of aliphatic carboxylic acids is 2. The minimum Gasteiger partial charge on any atom is -0.479 e. The molecule has 2 unspecified atom stereocenters. The molecule has 0 aromatic heterocycles. The molecule has 2 aromatic carbocycles. The van der Waals surface area contributed by atoms with Gasteiger partial charge in [0.25, 0.3) is 0 Å². The third-order valence-electron chi connectivity index (χ3n) is 5.78. The van der Waals surface area contributed by atoms with E-state index in [1.807, 2.05) is 13.8 Å². The molecular weight excluding hydrogens is 562 g/mol. The maximum atomic E-state index is 11.6. The first kappa shape index (κ1) is 30.8. The number of rotatable bonds is 14. The summed E-state index contributed by atoms with van der Waals surface area (Å²) in [5, 5.41) is 19.5. The second kappa shape index (κ2) is 13.4. The molecule has 0 spiro atoms. The van der Waals surface area contributed by atoms with Crippen LogP contribution in [0.3, 0.4) is 0 Å². The molecule has 2 rings (SSSR count). The van der Waals surface area contributed by atoms with Gasteiger partial charge in [-0.05, 0) is 61.1 Å². The van der Waals surface area contributed by atoms with Crippen molar-refractivity contribution >= 4 is 58.3 Å². The number of ether oxygens (including phenoxy) is 2. The molecule has 10 heteroatoms. The van der Waals surface area contributed by atoms with Crippen molar-refractivity contribution in [1.82, 2.24) is 0 Å². The SMILES string of the molecule is C=CCCC(Oc1c(Cl)cc(C(C)(C)c2cc(Cl)c(OC(CCC=C)C(=O)O)c(Cl)c2)cc1Cl)C(=O)O. The van der Waals surface area contributed by atoms with Gasteiger partial charge in [0.1, 0.15) is 0 Å². The minimum absolute atomic E-state index is 0.0680. The van der Waals surface area contributed by atoms with Crippen LogP contribution in [0.25, 0.3) is 0 Å². The molecule has 0 fully saturated rings. The van der Waals surface area contributed by atoms with Gasteiger partial charge in [0, 0.05) is 5.41 Å². The second-order valence-corrected chi connectivity index (χ2v) is 10.4. The van der Waals surface area contributed by atoms with Crippen molar-refractivity contribution in [3.8, 4) is 11.5 Å². The van der Waals surface area contributed by atoms with E-state index < -0.39 is 29.6 Å². The van der Waals surface area contributed by atoms with Crippen molar-refractivity contribution in [2.75, 3.05) is 0 Å². The van der Waals surface area contributed by atoms with Crippen molar-refractivity contribution in [1.29, 1.82) is 0 Å². The molecule has 37 heavy (non-hydrogen) atoms. The van der Waals surface area contributed by atoms with Crippen LogP contribution >= 0.6 is 46.4 Å². The highest BCUT2D eigenvalue weighted by Crippen LogP contribution is 2.44. The topological polar surface area (TPSA) is 93.1 Å². The maximum absolute atomic E-state index is 11.6. The first-order valence-corrected chi connectivity index (χ1v) is 12.8. The molecule has 0 radical (unpaired) electrons. The zero-order valence-electron chi connectivity index (χ0n) is 20.4. The lowest BCUT2D eigenvalue weighted by Crippen LogP contribution is -2.27. The van der Waals surface area contributed by atoms with E-state index in [-0.39, 0.29) is 44.4 Å². The van der Waals surface area contributed by atoms with Crippen LogP contribution in [0.5, 0.6) is 11.5 Å². The lowest BCUT2D eigenvalue weighted by Gasteiger charge is -2.29. The van der Waals surface area contributed by atoms with Gasteiger partial charge in [-0.3, -0.25) is 0 Å². The Hall–Kier alpha value is -2.38. The quantitative estimate of drug-likeness (QED) is 0.216. The van der Waals surface area contributed by atoms with E-state index in [1.165, 1.54) is 0 Å². The monoisotopic (exact) mass is 588 g/mol. The van der Waals surface area contributed by atoms with Crippen LogP contribution in [0, 0.1) is 0 Å². The van der Waals surface area contributed by atoms with Gasteiger partial charge in [0.05, 0.1) is 20.1 Å². The Morgan fingerprint density at radius 2 is 1.08 bits per heavy atom. The number of hydrogen-bond donors (Lipinski definition) is 2. The normalized spacial score (nSPS) is 12.9. The summed E-state index contributed by atoms with van der Waals surface area (Å²) in [5.41, 5.74) is 0.646. The zero-order valence-corrected chi connectivity index (χ0v) is 23.4. The van der Waals surface area contributed by atoms with Gasteiger partial charge >= 0.3 is 11.9 Å². The van der Waals surface area contributed by atoms with Gasteiger partial charge in [-0.25, -0.2) is 9.59 Å². The first-order valence-electron chi connectivity index (χ1n) is 11.3. The molecular formula is C27H28Cl4O6. The van der Waals surface area contributed by atoms with E-state index >= 15 is 0 Å². The Morgan fingerprint density at radius 1 is 0.784 bits per heavy atom. The van der Waals surface area contributed by atoms with Crippen LogP contribution in [-0.4, -0.2) is 34.4 Å². The molecule has 0 amide bonds. The molecule has 0 aliphatic heterocycles. The van der Waals surface area contributed by atoms with Crippen molar-refractivity contribution in [2.24, 2.45) is 0 Å². The van der Waals surface area contributed by atoms with Crippen molar-refractivity contribution in [3.05, 3.63) is 80.8 Å². The van der Waals surface area contributed by atoms with Gasteiger partial charge in [-0.2, -0.15) is 0 Å². The zero-order chi connectivity index (χ0) is 27.9. The number of allylic oxidation sites excluding steroid dienone is 2. The average molecular weight is 590 g/mol. The number of hydrogen-bond acceptors (Lipinski definition) is 4. The molecule has 0 saturated heterocycles. The third kappa shape index (κ3) is 7.81. The van der Waals surface area contributed by atoms with Crippen LogP contribution in [-0.2, 0) is 15.0 Å². The molecule has 0 saturated carbocycles. The predicted molar refractivity (Wildman–Crippen MR) is 148 cm³/mol. The lowest BCUT2D eigenvalue weighted by molar-refractivity contribution is -0.146. The number of halogens is 4. The summed E-state index contributed by atoms with van der Waals surface area (Å²) in [5.74, 6) is -2.14. The molecule has 0 aliphatic rings. The molecule has 0 aliphatic carbocycles. The average Bonchev–Trinajstić information content (AvgIpc) is 2.81. The molecule has 0 heterocycles. The smallest absolute Gasteiger partial charge is 0.344 e. The van der Waals surface area contributed by atoms with Gasteiger partial charge < -0.3 is 19.7 Å². The largest absolute Gasteiger partial charge is 0.479 e. The second-order valence-electron chi connectivity index (χ2n) is 8.78. The highest BCUT2D eigenvalue weighted by Gasteiger charge is 2.30. The Balaban J connectivity index is 2.41. The van der Waals surface area contributed by atoms with Gasteiger partial charge in [0.15, 0.2) is 23.7 Å². The van der Waals surface area contributed by atoms with Gasteiger partial charge in [-0.15, -0.1) is 13.2 Å². The molecule has 6 nitrogen and oxygen atoms in total. The minimum atomic E-state index is -1.14. The Morgan fingerprint density at radius 3 is 1.32 bits per heavy atom. The predicted octanol–water partition coefficient (Wildman–Crippen LogP) is 8.22.